The van der Waals surface area contributed by atoms with Crippen LogP contribution in [0.3, 0.4) is 0 Å². The van der Waals surface area contributed by atoms with Crippen molar-refractivity contribution >= 4 is 185 Å². The fourth-order valence-electron chi connectivity index (χ4n) is 14.7. The van der Waals surface area contributed by atoms with Crippen LogP contribution in [0.15, 0.2) is 326 Å². The Morgan fingerprint density at radius 1 is 0.246 bits per heavy atom. The van der Waals surface area contributed by atoms with Gasteiger partial charge in [0.2, 0.25) is 0 Å². The van der Waals surface area contributed by atoms with Gasteiger partial charge in [-0.25, -0.2) is 49.8 Å². The second-order valence-corrected chi connectivity index (χ2v) is 26.6. The summed E-state index contributed by atoms with van der Waals surface area (Å²) in [5.74, 6) is 1.58. The Bertz CT molecular complexity index is 6810. The molecule has 18 nitrogen and oxygen atoms in total. The molecule has 0 aliphatic rings. The molecule has 0 amide bonds. The molecule has 576 valence electrons. The zero-order valence-electron chi connectivity index (χ0n) is 67.2. The molecule has 0 radical (unpaired) electrons. The number of nitrogens with zero attached hydrogens (tertiary/aromatic N) is 16. The van der Waals surface area contributed by atoms with E-state index < -0.39 is 0 Å². The Morgan fingerprint density at radius 3 is 1.00 bits per heavy atom. The molecule has 0 fully saturated rings. The molecule has 118 heavy (non-hydrogen) atoms. The molecular formula is C100H84N16O2. The van der Waals surface area contributed by atoms with Crippen LogP contribution in [-0.4, -0.2) is 79.3 Å². The Kier molecular flexibility index (Phi) is 24.0. The summed E-state index contributed by atoms with van der Waals surface area (Å²) in [6, 6.07) is 82.9. The van der Waals surface area contributed by atoms with E-state index in [0.29, 0.717) is 0 Å². The van der Waals surface area contributed by atoms with Crippen LogP contribution in [-0.2, 0) is 6.54 Å². The Labute approximate surface area is 680 Å². The molecule has 14 aromatic carbocycles. The molecule has 10 aromatic heterocycles. The Hall–Kier alpha value is -15.2. The number of fused-ring (bicyclic) bond motifs is 31. The molecule has 0 bridgehead atoms. The van der Waals surface area contributed by atoms with Crippen molar-refractivity contribution in [2.75, 3.05) is 0 Å². The van der Waals surface area contributed by atoms with Crippen molar-refractivity contribution in [2.45, 2.75) is 75.8 Å². The van der Waals surface area contributed by atoms with Crippen LogP contribution in [0.4, 0.5) is 0 Å². The highest BCUT2D eigenvalue weighted by Gasteiger charge is 2.15. The van der Waals surface area contributed by atoms with E-state index in [1.165, 1.54) is 98.8 Å². The number of hydrogen-bond acceptors (Lipinski definition) is 17. The van der Waals surface area contributed by atoms with Gasteiger partial charge in [-0.05, 0) is 100 Å². The largest absolute Gasteiger partial charge is 0.453 e. The summed E-state index contributed by atoms with van der Waals surface area (Å²) < 4.78 is 13.1. The Balaban J connectivity index is 0.000000107. The number of furan rings is 2. The van der Waals surface area contributed by atoms with E-state index >= 15 is 0 Å². The maximum Gasteiger partial charge on any atom is 0.172 e. The average molecular weight is 1540 g/mol. The van der Waals surface area contributed by atoms with Crippen LogP contribution in [0.25, 0.3) is 185 Å². The van der Waals surface area contributed by atoms with E-state index in [2.05, 4.69) is 247 Å². The molecule has 0 unspecified atom stereocenters. The minimum atomic E-state index is 0.740. The van der Waals surface area contributed by atoms with Crippen molar-refractivity contribution in [3.63, 3.8) is 0 Å². The summed E-state index contributed by atoms with van der Waals surface area (Å²) in [5, 5.41) is 22.6. The number of para-hydroxylation sites is 2. The van der Waals surface area contributed by atoms with Gasteiger partial charge >= 0.3 is 0 Å². The lowest BCUT2D eigenvalue weighted by molar-refractivity contribution is 0.665. The van der Waals surface area contributed by atoms with Crippen LogP contribution < -0.4 is 0 Å². The van der Waals surface area contributed by atoms with E-state index in [4.69, 9.17) is 13.8 Å². The molecule has 0 spiro atoms. The van der Waals surface area contributed by atoms with Crippen LogP contribution in [0.2, 0.25) is 0 Å². The minimum Gasteiger partial charge on any atom is -0.453 e. The van der Waals surface area contributed by atoms with Crippen molar-refractivity contribution < 1.29 is 8.83 Å². The summed E-state index contributed by atoms with van der Waals surface area (Å²) in [4.78, 5) is 64.9. The highest BCUT2D eigenvalue weighted by molar-refractivity contribution is 6.26. The smallest absolute Gasteiger partial charge is 0.172 e. The second-order valence-electron chi connectivity index (χ2n) is 26.6. The fraction of sp³-hybridized carbons (Fsp3) is 0.110. The molecular weight excluding hydrogens is 1460 g/mol. The van der Waals surface area contributed by atoms with Crippen molar-refractivity contribution in [1.29, 1.82) is 0 Å². The monoisotopic (exact) mass is 1540 g/mol. The lowest BCUT2D eigenvalue weighted by atomic mass is 9.98. The molecule has 0 saturated carbocycles. The third-order valence-electron chi connectivity index (χ3n) is 19.8. The first-order valence-electron chi connectivity index (χ1n) is 39.6. The molecule has 0 N–H and O–H groups in total. The standard InChI is InChI=1S/2C17H12N2.2C16H10N2.C11H8N2O.C10H6N2O.C7H8N4.3C2H6/c1-11-10-18-16-14-8-4-2-6-12(14)13-7-3-5-9-15(13)17(16)19-11;1-11-18-10-16-14-8-3-2-6-12(14)13-7-4-5-9-15(13)17(16)19-11;2*1-3-7-13-11(5-1)12-6-2-4-8-14(12)16-15(13)17-9-10-18-16;1-7-12-6-10-11(13-7)8-4-2-3-5-9(8)14-10;1-2-4-8-7(3-1)10-9(13-8)5-11-6-12-10;1-2-11-5-10-6-3-8-4-9-7(6)11;3*1-2/h2*2-10H,1H3;2*1-10H;2-6H,1H3;1-6H;3-5H,2H2,1H3;3*1-2H3. The van der Waals surface area contributed by atoms with Crippen LogP contribution in [0.5, 0.6) is 0 Å². The number of imidazole rings is 1. The first kappa shape index (κ1) is 78.1. The van der Waals surface area contributed by atoms with E-state index in [1.807, 2.05) is 152 Å². The topological polar surface area (TPSA) is 225 Å². The van der Waals surface area contributed by atoms with Gasteiger partial charge < -0.3 is 13.4 Å². The highest BCUT2D eigenvalue weighted by atomic mass is 16.3. The summed E-state index contributed by atoms with van der Waals surface area (Å²) in [5.41, 5.74) is 14.6. The zero-order valence-corrected chi connectivity index (χ0v) is 67.2. The Morgan fingerprint density at radius 2 is 0.568 bits per heavy atom. The maximum atomic E-state index is 5.58. The summed E-state index contributed by atoms with van der Waals surface area (Å²) >= 11 is 0. The van der Waals surface area contributed by atoms with Crippen LogP contribution in [0, 0.1) is 20.8 Å². The first-order valence-corrected chi connectivity index (χ1v) is 39.6. The maximum absolute atomic E-state index is 5.58. The lowest BCUT2D eigenvalue weighted by Gasteiger charge is -2.09. The van der Waals surface area contributed by atoms with Gasteiger partial charge in [0.25, 0.3) is 0 Å². The van der Waals surface area contributed by atoms with E-state index in [1.54, 1.807) is 49.7 Å². The molecule has 0 aliphatic heterocycles. The van der Waals surface area contributed by atoms with E-state index in [0.717, 1.165) is 123 Å². The minimum absolute atomic E-state index is 0.740. The predicted octanol–water partition coefficient (Wildman–Crippen LogP) is 25.3. The number of aromatic nitrogens is 16. The predicted molar refractivity (Wildman–Crippen MR) is 486 cm³/mol. The van der Waals surface area contributed by atoms with Gasteiger partial charge in [-0.15, -0.1) is 0 Å². The van der Waals surface area contributed by atoms with Gasteiger partial charge in [0.15, 0.2) is 16.8 Å². The lowest BCUT2D eigenvalue weighted by Crippen LogP contribution is -1.92. The molecule has 0 atom stereocenters. The summed E-state index contributed by atoms with van der Waals surface area (Å²) in [6.07, 6.45) is 20.8. The molecule has 18 heteroatoms. The van der Waals surface area contributed by atoms with Gasteiger partial charge in [0.05, 0.1) is 69.2 Å². The fourth-order valence-corrected chi connectivity index (χ4v) is 14.7. The number of benzene rings is 14. The summed E-state index contributed by atoms with van der Waals surface area (Å²) in [6.45, 7) is 20.7. The average Bonchev–Trinajstić information content (AvgIpc) is 1.50. The van der Waals surface area contributed by atoms with Crippen LogP contribution in [0.1, 0.15) is 65.8 Å². The van der Waals surface area contributed by atoms with Gasteiger partial charge in [-0.3, -0.25) is 24.9 Å². The van der Waals surface area contributed by atoms with Crippen molar-refractivity contribution in [3.05, 3.63) is 335 Å². The number of hydrogen-bond donors (Lipinski definition) is 0. The molecule has 0 saturated heterocycles. The SMILES string of the molecule is CC.CC.CC.CCn1cnc2cncnc21.Cc1cnc2c3ccccc3c3ccccc3c2n1.Cc1ncc2c3ccccc3c3ccccc3c2n1.Cc1ncc2oc3ccccc3c2n1.c1ccc2c(c1)c1ccccc1c1nccnc21.c1ccc2c(c1)c1ccccc1c1nccnc21.c1ccc2c(c1)oc1cncnc12. The quantitative estimate of drug-likeness (QED) is 0.139. The zero-order chi connectivity index (χ0) is 81.4. The van der Waals surface area contributed by atoms with Crippen LogP contribution >= 0.6 is 0 Å². The molecule has 0 aliphatic carbocycles. The number of aryl methyl sites for hydroxylation is 4. The van der Waals surface area contributed by atoms with Gasteiger partial charge in [0.1, 0.15) is 52.0 Å². The van der Waals surface area contributed by atoms with E-state index in [9.17, 15) is 0 Å². The first-order chi connectivity index (χ1) is 58.3. The second kappa shape index (κ2) is 36.3. The third-order valence-corrected chi connectivity index (χ3v) is 19.8. The van der Waals surface area contributed by atoms with Crippen molar-refractivity contribution in [2.24, 2.45) is 0 Å². The van der Waals surface area contributed by atoms with Gasteiger partial charge in [0, 0.05) is 97.6 Å². The number of rotatable bonds is 1. The van der Waals surface area contributed by atoms with Gasteiger partial charge in [-0.2, -0.15) is 0 Å². The van der Waals surface area contributed by atoms with Crippen molar-refractivity contribution in [1.82, 2.24) is 79.3 Å². The third kappa shape index (κ3) is 15.7. The van der Waals surface area contributed by atoms with E-state index in [-0.39, 0.29) is 0 Å². The normalized spacial score (nSPS) is 10.8. The molecule has 24 aromatic rings. The highest BCUT2D eigenvalue weighted by Crippen LogP contribution is 2.38. The molecule has 24 rings (SSSR count). The van der Waals surface area contributed by atoms with Crippen molar-refractivity contribution in [3.8, 4) is 0 Å². The molecule has 10 heterocycles. The van der Waals surface area contributed by atoms with Gasteiger partial charge in [-0.1, -0.05) is 260 Å². The summed E-state index contributed by atoms with van der Waals surface area (Å²) in [7, 11) is 0.